The fourth-order valence-electron chi connectivity index (χ4n) is 4.09. The zero-order valence-corrected chi connectivity index (χ0v) is 17.9. The van der Waals surface area contributed by atoms with Crippen molar-refractivity contribution in [1.82, 2.24) is 10.2 Å². The fraction of sp³-hybridized carbons (Fsp3) is 0.391. The van der Waals surface area contributed by atoms with E-state index in [4.69, 9.17) is 5.73 Å². The van der Waals surface area contributed by atoms with Gasteiger partial charge in [0.2, 0.25) is 0 Å². The van der Waals surface area contributed by atoms with Crippen LogP contribution in [0.5, 0.6) is 5.75 Å². The minimum Gasteiger partial charge on any atom is -0.507 e. The van der Waals surface area contributed by atoms with E-state index in [-0.39, 0.29) is 6.17 Å². The Morgan fingerprint density at radius 1 is 1.36 bits per heavy atom. The second kappa shape index (κ2) is 8.95. The highest BCUT2D eigenvalue weighted by molar-refractivity contribution is 7.17. The van der Waals surface area contributed by atoms with Gasteiger partial charge in [0.15, 0.2) is 0 Å². The number of phenols is 1. The number of nitrogens with one attached hydrogen (secondary N) is 1. The Morgan fingerprint density at radius 2 is 2.14 bits per heavy atom. The Bertz CT molecular complexity index is 908. The third-order valence-corrected chi connectivity index (χ3v) is 6.22. The number of allylic oxidation sites excluding steroid dienone is 3. The topological polar surface area (TPSA) is 61.5 Å². The first kappa shape index (κ1) is 20.6. The molecule has 2 atom stereocenters. The van der Waals surface area contributed by atoms with Crippen LogP contribution in [0.15, 0.2) is 53.6 Å². The van der Waals surface area contributed by atoms with Crippen LogP contribution in [-0.4, -0.2) is 35.3 Å². The number of nitrogens with zero attached hydrogens (tertiary/aromatic N) is 1. The molecule has 0 bridgehead atoms. The number of hydrogen-bond donors (Lipinski definition) is 3. The second-order valence-corrected chi connectivity index (χ2v) is 8.68. The molecule has 4 nitrogen and oxygen atoms in total. The number of hydrogen-bond acceptors (Lipinski definition) is 5. The Kier molecular flexibility index (Phi) is 6.60. The molecule has 1 saturated heterocycles. The quantitative estimate of drug-likeness (QED) is 0.483. The third kappa shape index (κ3) is 4.49. The highest BCUT2D eigenvalue weighted by Gasteiger charge is 2.19. The van der Waals surface area contributed by atoms with E-state index in [2.05, 4.69) is 49.7 Å². The number of thiophene rings is 1. The van der Waals surface area contributed by atoms with E-state index in [1.807, 2.05) is 23.7 Å². The van der Waals surface area contributed by atoms with Crippen LogP contribution in [0.25, 0.3) is 15.7 Å². The van der Waals surface area contributed by atoms with Crippen molar-refractivity contribution in [3.8, 4) is 5.75 Å². The molecule has 2 unspecified atom stereocenters. The van der Waals surface area contributed by atoms with Crippen LogP contribution < -0.4 is 11.1 Å². The smallest absolute Gasteiger partial charge is 0.132 e. The van der Waals surface area contributed by atoms with E-state index in [1.54, 1.807) is 11.3 Å². The molecule has 0 amide bonds. The Balaban J connectivity index is 1.82. The van der Waals surface area contributed by atoms with Gasteiger partial charge in [-0.1, -0.05) is 12.2 Å². The Labute approximate surface area is 172 Å². The number of likely N-dealkylation sites (tertiary alicyclic amines) is 1. The summed E-state index contributed by atoms with van der Waals surface area (Å²) in [7, 11) is 0. The van der Waals surface area contributed by atoms with Gasteiger partial charge in [-0.05, 0) is 80.6 Å². The van der Waals surface area contributed by atoms with Crippen molar-refractivity contribution < 1.29 is 5.11 Å². The zero-order chi connectivity index (χ0) is 20.3. The maximum absolute atomic E-state index is 10.8. The largest absolute Gasteiger partial charge is 0.507 e. The van der Waals surface area contributed by atoms with E-state index in [9.17, 15) is 5.11 Å². The highest BCUT2D eigenvalue weighted by Crippen LogP contribution is 2.39. The average Bonchev–Trinajstić information content (AvgIpc) is 3.13. The molecule has 2 heterocycles. The molecule has 1 aliphatic rings. The molecule has 28 heavy (non-hydrogen) atoms. The van der Waals surface area contributed by atoms with E-state index in [0.717, 1.165) is 58.3 Å². The van der Waals surface area contributed by atoms with Crippen LogP contribution in [-0.2, 0) is 0 Å². The zero-order valence-electron chi connectivity index (χ0n) is 17.0. The summed E-state index contributed by atoms with van der Waals surface area (Å²) in [5.41, 5.74) is 10.5. The van der Waals surface area contributed by atoms with E-state index in [1.165, 1.54) is 0 Å². The molecular formula is C23H31N3OS. The molecule has 2 aromatic rings. The molecule has 0 aliphatic carbocycles. The summed E-state index contributed by atoms with van der Waals surface area (Å²) in [6, 6.07) is 6.42. The van der Waals surface area contributed by atoms with Gasteiger partial charge in [-0.3, -0.25) is 5.32 Å². The maximum atomic E-state index is 10.8. The van der Waals surface area contributed by atoms with E-state index in [0.29, 0.717) is 11.8 Å². The number of piperidine rings is 1. The summed E-state index contributed by atoms with van der Waals surface area (Å²) in [5, 5.41) is 17.3. The molecule has 4 N–H and O–H groups in total. The maximum Gasteiger partial charge on any atom is 0.132 e. The lowest BCUT2D eigenvalue weighted by Crippen LogP contribution is -2.50. The fourth-order valence-corrected chi connectivity index (χ4v) is 4.88. The number of nitrogens with two attached hydrogens (primary N) is 1. The van der Waals surface area contributed by atoms with Gasteiger partial charge in [-0.2, -0.15) is 0 Å². The molecule has 0 saturated carbocycles. The molecule has 1 aliphatic heterocycles. The van der Waals surface area contributed by atoms with Crippen LogP contribution in [0.2, 0.25) is 0 Å². The molecule has 3 rings (SSSR count). The van der Waals surface area contributed by atoms with Crippen molar-refractivity contribution in [3.05, 3.63) is 59.1 Å². The van der Waals surface area contributed by atoms with Crippen molar-refractivity contribution >= 4 is 27.0 Å². The van der Waals surface area contributed by atoms with Crippen LogP contribution in [0.1, 0.15) is 39.2 Å². The van der Waals surface area contributed by atoms with Crippen LogP contribution in [0, 0.1) is 0 Å². The van der Waals surface area contributed by atoms with Crippen LogP contribution in [0.3, 0.4) is 0 Å². The molecule has 0 spiro atoms. The summed E-state index contributed by atoms with van der Waals surface area (Å²) in [4.78, 5) is 2.24. The molecule has 1 aromatic heterocycles. The third-order valence-electron chi connectivity index (χ3n) is 5.34. The van der Waals surface area contributed by atoms with Gasteiger partial charge in [0.05, 0.1) is 6.17 Å². The number of rotatable bonds is 6. The highest BCUT2D eigenvalue weighted by atomic mass is 32.1. The van der Waals surface area contributed by atoms with Gasteiger partial charge >= 0.3 is 0 Å². The number of aromatic hydroxyl groups is 1. The van der Waals surface area contributed by atoms with Gasteiger partial charge in [0.1, 0.15) is 5.75 Å². The Hall–Kier alpha value is -2.08. The number of benzene rings is 1. The van der Waals surface area contributed by atoms with Gasteiger partial charge in [-0.15, -0.1) is 11.3 Å². The summed E-state index contributed by atoms with van der Waals surface area (Å²) in [6.45, 7) is 12.1. The summed E-state index contributed by atoms with van der Waals surface area (Å²) < 4.78 is 1.10. The molecular weight excluding hydrogens is 366 g/mol. The van der Waals surface area contributed by atoms with Gasteiger partial charge < -0.3 is 15.7 Å². The number of fused-ring (bicyclic) bond motifs is 1. The molecule has 1 aromatic carbocycles. The van der Waals surface area contributed by atoms with Crippen molar-refractivity contribution in [2.45, 2.75) is 45.8 Å². The average molecular weight is 398 g/mol. The van der Waals surface area contributed by atoms with Crippen LogP contribution in [0.4, 0.5) is 0 Å². The minimum absolute atomic E-state index is 0.240. The molecule has 1 fully saturated rings. The summed E-state index contributed by atoms with van der Waals surface area (Å²) in [6.07, 6.45) is 6.00. The lowest BCUT2D eigenvalue weighted by atomic mass is 9.92. The first-order valence-corrected chi connectivity index (χ1v) is 10.7. The Morgan fingerprint density at radius 3 is 2.86 bits per heavy atom. The lowest BCUT2D eigenvalue weighted by Gasteiger charge is -2.33. The van der Waals surface area contributed by atoms with Crippen molar-refractivity contribution in [2.24, 2.45) is 5.73 Å². The summed E-state index contributed by atoms with van der Waals surface area (Å²) >= 11 is 1.64. The monoisotopic (exact) mass is 397 g/mol. The van der Waals surface area contributed by atoms with E-state index >= 15 is 0 Å². The first-order valence-electron chi connectivity index (χ1n) is 9.84. The number of phenolic OH excluding ortho intramolecular Hbond substituents is 1. The SMILES string of the molecule is C=CN1CCCC(NC(N)/C=C(/C)C(=C(C)C)c2ccc3sccc3c2O)C1. The van der Waals surface area contributed by atoms with Gasteiger partial charge in [0, 0.05) is 34.8 Å². The van der Waals surface area contributed by atoms with Crippen molar-refractivity contribution in [3.63, 3.8) is 0 Å². The molecule has 0 radical (unpaired) electrons. The minimum atomic E-state index is -0.240. The first-order chi connectivity index (χ1) is 13.4. The summed E-state index contributed by atoms with van der Waals surface area (Å²) in [5.74, 6) is 0.345. The second-order valence-electron chi connectivity index (χ2n) is 7.73. The predicted molar refractivity (Wildman–Crippen MR) is 121 cm³/mol. The predicted octanol–water partition coefficient (Wildman–Crippen LogP) is 4.83. The van der Waals surface area contributed by atoms with Crippen molar-refractivity contribution in [1.29, 1.82) is 0 Å². The van der Waals surface area contributed by atoms with Crippen molar-refractivity contribution in [2.75, 3.05) is 13.1 Å². The molecule has 5 heteroatoms. The normalized spacial score (nSPS) is 18.9. The standard InChI is InChI=1S/C23H31N3OS/c1-5-26-11-6-7-17(14-26)25-21(24)13-16(4)22(15(2)3)19-8-9-20-18(23(19)27)10-12-28-20/h5,8-10,12-13,17,21,25,27H,1,6-7,11,14,24H2,2-4H3/b16-13-. The van der Waals surface area contributed by atoms with Crippen LogP contribution >= 0.6 is 11.3 Å². The molecule has 150 valence electrons. The lowest BCUT2D eigenvalue weighted by molar-refractivity contribution is 0.246. The van der Waals surface area contributed by atoms with Gasteiger partial charge in [0.25, 0.3) is 0 Å². The van der Waals surface area contributed by atoms with E-state index < -0.39 is 0 Å². The van der Waals surface area contributed by atoms with Gasteiger partial charge in [-0.25, -0.2) is 0 Å².